The molecule has 4 amide bonds. The third-order valence-electron chi connectivity index (χ3n) is 4.24. The van der Waals surface area contributed by atoms with Crippen molar-refractivity contribution in [3.05, 3.63) is 29.8 Å². The molecule has 0 aliphatic carbocycles. The number of carbonyl (C=O) groups is 4. The number of para-hydroxylation sites is 1. The van der Waals surface area contributed by atoms with Crippen LogP contribution in [-0.4, -0.2) is 69.8 Å². The van der Waals surface area contributed by atoms with Gasteiger partial charge in [-0.3, -0.25) is 14.4 Å². The average molecular weight is 467 g/mol. The highest BCUT2D eigenvalue weighted by atomic mass is 16.6. The Labute approximate surface area is 193 Å². The molecule has 2 atom stereocenters. The van der Waals surface area contributed by atoms with E-state index in [-0.39, 0.29) is 23.9 Å². The maximum atomic E-state index is 13.5. The van der Waals surface area contributed by atoms with Gasteiger partial charge in [0, 0.05) is 18.2 Å². The van der Waals surface area contributed by atoms with Crippen molar-refractivity contribution < 1.29 is 34.1 Å². The molecule has 0 saturated carbocycles. The van der Waals surface area contributed by atoms with E-state index in [2.05, 4.69) is 10.6 Å². The number of rotatable bonds is 10. The fourth-order valence-corrected chi connectivity index (χ4v) is 3.06. The van der Waals surface area contributed by atoms with Crippen molar-refractivity contribution in [1.29, 1.82) is 0 Å². The zero-order valence-electron chi connectivity index (χ0n) is 19.6. The summed E-state index contributed by atoms with van der Waals surface area (Å²) in [7, 11) is 0. The van der Waals surface area contributed by atoms with Crippen molar-refractivity contribution >= 4 is 23.8 Å². The van der Waals surface area contributed by atoms with Gasteiger partial charge < -0.3 is 36.2 Å². The monoisotopic (exact) mass is 466 g/mol. The lowest BCUT2D eigenvalue weighted by Gasteiger charge is -2.34. The van der Waals surface area contributed by atoms with E-state index in [0.717, 1.165) is 4.90 Å². The molecule has 0 aliphatic rings. The largest absolute Gasteiger partial charge is 0.508 e. The van der Waals surface area contributed by atoms with E-state index < -0.39 is 54.5 Å². The van der Waals surface area contributed by atoms with Crippen molar-refractivity contribution in [2.75, 3.05) is 13.2 Å². The van der Waals surface area contributed by atoms with Gasteiger partial charge in [0.2, 0.25) is 17.7 Å². The number of aliphatic hydroxyl groups excluding tert-OH is 1. The van der Waals surface area contributed by atoms with Gasteiger partial charge in [-0.25, -0.2) is 4.79 Å². The summed E-state index contributed by atoms with van der Waals surface area (Å²) in [5.41, 5.74) is 4.51. The first-order valence-corrected chi connectivity index (χ1v) is 10.5. The molecule has 1 aromatic rings. The molecule has 0 saturated heterocycles. The van der Waals surface area contributed by atoms with Gasteiger partial charge in [-0.05, 0) is 40.7 Å². The highest BCUT2D eigenvalue weighted by molar-refractivity contribution is 5.94. The fourth-order valence-electron chi connectivity index (χ4n) is 3.06. The summed E-state index contributed by atoms with van der Waals surface area (Å²) in [6, 6.07) is 2.82. The van der Waals surface area contributed by atoms with Crippen LogP contribution in [0, 0.1) is 0 Å². The van der Waals surface area contributed by atoms with Gasteiger partial charge in [0.25, 0.3) is 0 Å². The summed E-state index contributed by atoms with van der Waals surface area (Å²) in [6.45, 7) is 7.46. The van der Waals surface area contributed by atoms with Crippen LogP contribution in [-0.2, 0) is 19.1 Å². The third-order valence-corrected chi connectivity index (χ3v) is 4.24. The van der Waals surface area contributed by atoms with E-state index in [1.807, 2.05) is 0 Å². The number of alkyl carbamates (subject to hydrolysis) is 1. The predicted octanol–water partition coefficient (Wildman–Crippen LogP) is 0.548. The second kappa shape index (κ2) is 12.0. The Bertz CT molecular complexity index is 851. The van der Waals surface area contributed by atoms with Gasteiger partial charge in [-0.15, -0.1) is 0 Å². The van der Waals surface area contributed by atoms with Crippen LogP contribution in [0.25, 0.3) is 0 Å². The van der Waals surface area contributed by atoms with Crippen molar-refractivity contribution in [1.82, 2.24) is 15.5 Å². The molecule has 6 N–H and O–H groups in total. The van der Waals surface area contributed by atoms with Crippen molar-refractivity contribution in [2.24, 2.45) is 5.73 Å². The molecule has 0 aromatic heterocycles. The topological polar surface area (TPSA) is 171 Å². The SMILES string of the molecule is CC(C)NC(=O)C(c1ccccc1O)N(CCO)C(=O)C(CC(N)=O)NC(=O)OC(C)(C)C. The van der Waals surface area contributed by atoms with Crippen LogP contribution in [0.15, 0.2) is 24.3 Å². The van der Waals surface area contributed by atoms with Crippen LogP contribution in [0.4, 0.5) is 4.79 Å². The number of hydrogen-bond acceptors (Lipinski definition) is 7. The zero-order valence-corrected chi connectivity index (χ0v) is 19.6. The van der Waals surface area contributed by atoms with Crippen molar-refractivity contribution in [3.63, 3.8) is 0 Å². The van der Waals surface area contributed by atoms with Gasteiger partial charge in [-0.2, -0.15) is 0 Å². The van der Waals surface area contributed by atoms with Crippen molar-refractivity contribution in [3.8, 4) is 5.75 Å². The molecule has 33 heavy (non-hydrogen) atoms. The van der Waals surface area contributed by atoms with Gasteiger partial charge >= 0.3 is 6.09 Å². The molecule has 184 valence electrons. The molecular weight excluding hydrogens is 432 g/mol. The van der Waals surface area contributed by atoms with Crippen molar-refractivity contribution in [2.45, 2.75) is 64.8 Å². The summed E-state index contributed by atoms with van der Waals surface area (Å²) in [6.07, 6.45) is -1.53. The molecular formula is C22H34N4O7. The van der Waals surface area contributed by atoms with Gasteiger partial charge in [0.15, 0.2) is 0 Å². The van der Waals surface area contributed by atoms with E-state index in [1.54, 1.807) is 46.8 Å². The molecule has 0 heterocycles. The lowest BCUT2D eigenvalue weighted by molar-refractivity contribution is -0.144. The number of benzene rings is 1. The minimum Gasteiger partial charge on any atom is -0.508 e. The van der Waals surface area contributed by atoms with Gasteiger partial charge in [0.1, 0.15) is 23.4 Å². The Morgan fingerprint density at radius 1 is 1.12 bits per heavy atom. The summed E-state index contributed by atoms with van der Waals surface area (Å²) < 4.78 is 5.16. The van der Waals surface area contributed by atoms with E-state index in [9.17, 15) is 29.4 Å². The first-order valence-electron chi connectivity index (χ1n) is 10.5. The lowest BCUT2D eigenvalue weighted by Crippen LogP contribution is -2.55. The average Bonchev–Trinajstić information content (AvgIpc) is 2.65. The van der Waals surface area contributed by atoms with Crippen LogP contribution < -0.4 is 16.4 Å². The van der Waals surface area contributed by atoms with Crippen LogP contribution in [0.1, 0.15) is 52.6 Å². The lowest BCUT2D eigenvalue weighted by atomic mass is 10.0. The molecule has 0 spiro atoms. The van der Waals surface area contributed by atoms with E-state index >= 15 is 0 Å². The minimum atomic E-state index is -1.47. The second-order valence-electron chi connectivity index (χ2n) is 8.75. The zero-order chi connectivity index (χ0) is 25.3. The first-order chi connectivity index (χ1) is 15.3. The molecule has 1 aromatic carbocycles. The number of aromatic hydroxyl groups is 1. The Kier molecular flexibility index (Phi) is 10.1. The standard InChI is InChI=1S/C22H34N4O7/c1-13(2)24-19(30)18(14-8-6-7-9-16(14)28)26(10-11-27)20(31)15(12-17(23)29)25-21(32)33-22(3,4)5/h6-9,13,15,18,27-28H,10-12H2,1-5H3,(H2,23,29)(H,24,30)(H,25,32). The number of ether oxygens (including phenoxy) is 1. The van der Waals surface area contributed by atoms with E-state index in [1.165, 1.54) is 12.1 Å². The number of phenolic OH excluding ortho intramolecular Hbond substituents is 1. The minimum absolute atomic E-state index is 0.104. The summed E-state index contributed by atoms with van der Waals surface area (Å²) >= 11 is 0. The molecule has 11 heteroatoms. The number of phenols is 1. The van der Waals surface area contributed by atoms with Gasteiger partial charge in [-0.1, -0.05) is 18.2 Å². The summed E-state index contributed by atoms with van der Waals surface area (Å²) in [5.74, 6) is -2.60. The second-order valence-corrected chi connectivity index (χ2v) is 8.75. The normalized spacial score (nSPS) is 13.1. The predicted molar refractivity (Wildman–Crippen MR) is 120 cm³/mol. The smallest absolute Gasteiger partial charge is 0.408 e. The molecule has 0 bridgehead atoms. The number of amides is 4. The molecule has 11 nitrogen and oxygen atoms in total. The first kappa shape index (κ1) is 27.7. The number of primary amides is 1. The number of hydrogen-bond donors (Lipinski definition) is 5. The molecule has 0 aliphatic heterocycles. The Hall–Kier alpha value is -3.34. The van der Waals surface area contributed by atoms with Crippen LogP contribution in [0.2, 0.25) is 0 Å². The van der Waals surface area contributed by atoms with Crippen LogP contribution >= 0.6 is 0 Å². The van der Waals surface area contributed by atoms with Crippen LogP contribution in [0.5, 0.6) is 5.75 Å². The number of nitrogens with two attached hydrogens (primary N) is 1. The quantitative estimate of drug-likeness (QED) is 0.335. The van der Waals surface area contributed by atoms with Crippen LogP contribution in [0.3, 0.4) is 0 Å². The number of nitrogens with zero attached hydrogens (tertiary/aromatic N) is 1. The Morgan fingerprint density at radius 3 is 2.21 bits per heavy atom. The summed E-state index contributed by atoms with van der Waals surface area (Å²) in [5, 5.41) is 25.0. The molecule has 1 rings (SSSR count). The molecule has 0 fully saturated rings. The maximum Gasteiger partial charge on any atom is 0.408 e. The highest BCUT2D eigenvalue weighted by Gasteiger charge is 2.37. The Morgan fingerprint density at radius 2 is 1.73 bits per heavy atom. The molecule has 0 radical (unpaired) electrons. The fraction of sp³-hybridized carbons (Fsp3) is 0.545. The summed E-state index contributed by atoms with van der Waals surface area (Å²) in [4.78, 5) is 51.4. The van der Waals surface area contributed by atoms with E-state index in [4.69, 9.17) is 10.5 Å². The van der Waals surface area contributed by atoms with Gasteiger partial charge in [0.05, 0.1) is 13.0 Å². The number of carbonyl (C=O) groups excluding carboxylic acids is 4. The third kappa shape index (κ3) is 8.97. The molecule has 2 unspecified atom stereocenters. The number of nitrogens with one attached hydrogen (secondary N) is 2. The maximum absolute atomic E-state index is 13.5. The highest BCUT2D eigenvalue weighted by Crippen LogP contribution is 2.29. The van der Waals surface area contributed by atoms with E-state index in [0.29, 0.717) is 0 Å². The number of aliphatic hydroxyl groups is 1. The Balaban J connectivity index is 3.44.